The molecule has 1 saturated heterocycles. The molecular formula is C19H23ClN2O3S2. The highest BCUT2D eigenvalue weighted by atomic mass is 35.5. The fourth-order valence-corrected chi connectivity index (χ4v) is 5.97. The van der Waals surface area contributed by atoms with Gasteiger partial charge in [0.2, 0.25) is 10.0 Å². The molecule has 0 aliphatic carbocycles. The number of rotatable bonds is 5. The summed E-state index contributed by atoms with van der Waals surface area (Å²) in [5.74, 6) is -0.313. The normalized spacial score (nSPS) is 16.1. The van der Waals surface area contributed by atoms with Crippen LogP contribution in [0.25, 0.3) is 0 Å². The Morgan fingerprint density at radius 2 is 1.89 bits per heavy atom. The first-order valence-electron chi connectivity index (χ1n) is 9.00. The highest BCUT2D eigenvalue weighted by Gasteiger charge is 2.28. The molecule has 146 valence electrons. The summed E-state index contributed by atoms with van der Waals surface area (Å²) in [6.45, 7) is 3.39. The van der Waals surface area contributed by atoms with Gasteiger partial charge >= 0.3 is 0 Å². The molecule has 5 nitrogen and oxygen atoms in total. The van der Waals surface area contributed by atoms with Crippen LogP contribution in [0.15, 0.2) is 34.5 Å². The number of nitrogens with one attached hydrogen (secondary N) is 1. The van der Waals surface area contributed by atoms with Crippen molar-refractivity contribution in [3.05, 3.63) is 50.7 Å². The Hall–Kier alpha value is -1.41. The molecule has 8 heteroatoms. The van der Waals surface area contributed by atoms with E-state index < -0.39 is 10.0 Å². The van der Waals surface area contributed by atoms with Gasteiger partial charge in [-0.15, -0.1) is 11.3 Å². The number of aryl methyl sites for hydroxylation is 1. The van der Waals surface area contributed by atoms with E-state index in [2.05, 4.69) is 5.32 Å². The van der Waals surface area contributed by atoms with Crippen molar-refractivity contribution in [2.24, 2.45) is 0 Å². The molecule has 0 radical (unpaired) electrons. The third-order valence-electron chi connectivity index (χ3n) is 4.75. The molecule has 0 atom stereocenters. The zero-order valence-corrected chi connectivity index (χ0v) is 17.6. The van der Waals surface area contributed by atoms with Gasteiger partial charge in [-0.2, -0.15) is 4.31 Å². The Morgan fingerprint density at radius 1 is 1.19 bits per heavy atom. The second kappa shape index (κ2) is 8.73. The fraction of sp³-hybridized carbons (Fsp3) is 0.421. The minimum absolute atomic E-state index is 0.00557. The van der Waals surface area contributed by atoms with Crippen LogP contribution in [0, 0.1) is 6.92 Å². The molecule has 2 aromatic rings. The Bertz CT molecular complexity index is 917. The average molecular weight is 427 g/mol. The zero-order chi connectivity index (χ0) is 19.4. The van der Waals surface area contributed by atoms with E-state index in [9.17, 15) is 13.2 Å². The summed E-state index contributed by atoms with van der Waals surface area (Å²) in [6.07, 6.45) is 3.75. The molecule has 1 aliphatic heterocycles. The van der Waals surface area contributed by atoms with E-state index in [1.54, 1.807) is 17.4 Å². The minimum atomic E-state index is -3.71. The number of sulfonamides is 1. The van der Waals surface area contributed by atoms with Crippen molar-refractivity contribution in [2.45, 2.75) is 44.0 Å². The summed E-state index contributed by atoms with van der Waals surface area (Å²) in [5, 5.41) is 4.97. The molecule has 27 heavy (non-hydrogen) atoms. The summed E-state index contributed by atoms with van der Waals surface area (Å²) in [7, 11) is -3.71. The van der Waals surface area contributed by atoms with Gasteiger partial charge in [-0.25, -0.2) is 8.42 Å². The van der Waals surface area contributed by atoms with E-state index in [4.69, 9.17) is 11.6 Å². The summed E-state index contributed by atoms with van der Waals surface area (Å²) in [6, 6.07) is 6.43. The Balaban J connectivity index is 1.80. The molecule has 1 aromatic carbocycles. The molecule has 0 bridgehead atoms. The van der Waals surface area contributed by atoms with Gasteiger partial charge in [-0.1, -0.05) is 24.4 Å². The van der Waals surface area contributed by atoms with Gasteiger partial charge in [-0.3, -0.25) is 4.79 Å². The van der Waals surface area contributed by atoms with Crippen LogP contribution >= 0.6 is 22.9 Å². The summed E-state index contributed by atoms with van der Waals surface area (Å²) in [4.78, 5) is 13.6. The first-order chi connectivity index (χ1) is 12.9. The molecule has 0 spiro atoms. The van der Waals surface area contributed by atoms with Crippen LogP contribution in [0.1, 0.15) is 46.5 Å². The van der Waals surface area contributed by atoms with E-state index in [1.807, 2.05) is 18.4 Å². The predicted molar refractivity (Wildman–Crippen MR) is 109 cm³/mol. The molecule has 1 N–H and O–H groups in total. The number of halogens is 1. The molecule has 1 aromatic heterocycles. The van der Waals surface area contributed by atoms with E-state index in [-0.39, 0.29) is 15.8 Å². The number of thiophene rings is 1. The Morgan fingerprint density at radius 3 is 2.52 bits per heavy atom. The van der Waals surface area contributed by atoms with Gasteiger partial charge in [0, 0.05) is 23.5 Å². The third-order valence-corrected chi connectivity index (χ3v) is 8.16. The van der Waals surface area contributed by atoms with Crippen molar-refractivity contribution in [3.63, 3.8) is 0 Å². The SMILES string of the molecule is Cc1ccsc1CNC(=O)c1ccc(Cl)c(S(=O)(=O)N2CCCCCC2)c1. The number of amides is 1. The summed E-state index contributed by atoms with van der Waals surface area (Å²) < 4.78 is 27.6. The van der Waals surface area contributed by atoms with E-state index in [1.165, 1.54) is 16.4 Å². The van der Waals surface area contributed by atoms with Crippen molar-refractivity contribution >= 4 is 38.9 Å². The number of hydrogen-bond acceptors (Lipinski definition) is 4. The molecule has 1 aliphatic rings. The van der Waals surface area contributed by atoms with Crippen molar-refractivity contribution in [1.82, 2.24) is 9.62 Å². The van der Waals surface area contributed by atoms with Crippen LogP contribution in [0.5, 0.6) is 0 Å². The van der Waals surface area contributed by atoms with Crippen molar-refractivity contribution in [1.29, 1.82) is 0 Å². The first kappa shape index (κ1) is 20.3. The number of hydrogen-bond donors (Lipinski definition) is 1. The maximum Gasteiger partial charge on any atom is 0.251 e. The molecule has 0 saturated carbocycles. The van der Waals surface area contributed by atoms with Gasteiger partial charge in [0.1, 0.15) is 4.90 Å². The topological polar surface area (TPSA) is 66.5 Å². The van der Waals surface area contributed by atoms with Crippen molar-refractivity contribution in [2.75, 3.05) is 13.1 Å². The van der Waals surface area contributed by atoms with Gasteiger partial charge in [0.15, 0.2) is 0 Å². The maximum atomic E-state index is 13.0. The van der Waals surface area contributed by atoms with Crippen molar-refractivity contribution < 1.29 is 13.2 Å². The van der Waals surface area contributed by atoms with Crippen LogP contribution in [0.4, 0.5) is 0 Å². The van der Waals surface area contributed by atoms with Crippen LogP contribution in [-0.4, -0.2) is 31.7 Å². The lowest BCUT2D eigenvalue weighted by Gasteiger charge is -2.21. The Labute approximate surface area is 169 Å². The maximum absolute atomic E-state index is 13.0. The van der Waals surface area contributed by atoms with E-state index >= 15 is 0 Å². The molecule has 1 fully saturated rings. The quantitative estimate of drug-likeness (QED) is 0.778. The van der Waals surface area contributed by atoms with Gasteiger partial charge in [0.05, 0.1) is 11.6 Å². The van der Waals surface area contributed by atoms with Crippen molar-refractivity contribution in [3.8, 4) is 0 Å². The minimum Gasteiger partial charge on any atom is -0.347 e. The van der Waals surface area contributed by atoms with E-state index in [0.29, 0.717) is 25.2 Å². The monoisotopic (exact) mass is 426 g/mol. The predicted octanol–water partition coefficient (Wildman–Crippen LogP) is 4.20. The van der Waals surface area contributed by atoms with Gasteiger partial charge in [-0.05, 0) is 55.0 Å². The molecule has 1 amide bonds. The zero-order valence-electron chi connectivity index (χ0n) is 15.2. The summed E-state index contributed by atoms with van der Waals surface area (Å²) >= 11 is 7.77. The average Bonchev–Trinajstić information content (AvgIpc) is 2.87. The first-order valence-corrected chi connectivity index (χ1v) is 11.7. The molecule has 2 heterocycles. The number of carbonyl (C=O) groups is 1. The van der Waals surface area contributed by atoms with Gasteiger partial charge < -0.3 is 5.32 Å². The van der Waals surface area contributed by atoms with E-state index in [0.717, 1.165) is 36.1 Å². The fourth-order valence-electron chi connectivity index (χ4n) is 3.11. The third kappa shape index (κ3) is 4.71. The standard InChI is InChI=1S/C19H23ClN2O3S2/c1-14-8-11-26-17(14)13-21-19(23)15-6-7-16(20)18(12-15)27(24,25)22-9-4-2-3-5-10-22/h6-8,11-12H,2-5,9-10,13H2,1H3,(H,21,23). The number of nitrogens with zero attached hydrogens (tertiary/aromatic N) is 1. The lowest BCUT2D eigenvalue weighted by Crippen LogP contribution is -2.32. The van der Waals surface area contributed by atoms with Crippen LogP contribution < -0.4 is 5.32 Å². The highest BCUT2D eigenvalue weighted by Crippen LogP contribution is 2.27. The van der Waals surface area contributed by atoms with Gasteiger partial charge in [0.25, 0.3) is 5.91 Å². The highest BCUT2D eigenvalue weighted by molar-refractivity contribution is 7.89. The lowest BCUT2D eigenvalue weighted by atomic mass is 10.2. The molecule has 0 unspecified atom stereocenters. The number of benzene rings is 1. The second-order valence-corrected chi connectivity index (χ2v) is 9.99. The largest absolute Gasteiger partial charge is 0.347 e. The molecular weight excluding hydrogens is 404 g/mol. The Kier molecular flexibility index (Phi) is 6.57. The summed E-state index contributed by atoms with van der Waals surface area (Å²) in [5.41, 5.74) is 1.42. The second-order valence-electron chi connectivity index (χ2n) is 6.67. The lowest BCUT2D eigenvalue weighted by molar-refractivity contribution is 0.0951. The van der Waals surface area contributed by atoms with Crippen LogP contribution in [-0.2, 0) is 16.6 Å². The molecule has 3 rings (SSSR count). The van der Waals surface area contributed by atoms with Crippen LogP contribution in [0.3, 0.4) is 0 Å². The number of carbonyl (C=O) groups excluding carboxylic acids is 1. The van der Waals surface area contributed by atoms with Crippen LogP contribution in [0.2, 0.25) is 5.02 Å². The smallest absolute Gasteiger partial charge is 0.251 e.